The normalized spacial score (nSPS) is 12.5. The second-order valence-electron chi connectivity index (χ2n) is 5.53. The SMILES string of the molecule is CC(C)Cn1ccc2cc(NS(=O)(=O)N(C)C)ccc21. The molecule has 1 heterocycles. The van der Waals surface area contributed by atoms with Gasteiger partial charge in [0, 0.05) is 37.7 Å². The summed E-state index contributed by atoms with van der Waals surface area (Å²) in [7, 11) is -0.456. The number of nitrogens with zero attached hydrogens (tertiary/aromatic N) is 2. The smallest absolute Gasteiger partial charge is 0.301 e. The molecule has 1 aromatic carbocycles. The van der Waals surface area contributed by atoms with Crippen LogP contribution in [0.15, 0.2) is 30.5 Å². The van der Waals surface area contributed by atoms with Gasteiger partial charge in [0.05, 0.1) is 5.69 Å². The summed E-state index contributed by atoms with van der Waals surface area (Å²) in [6, 6.07) is 7.60. The van der Waals surface area contributed by atoms with Gasteiger partial charge >= 0.3 is 10.2 Å². The maximum atomic E-state index is 11.8. The lowest BCUT2D eigenvalue weighted by atomic mass is 10.2. The van der Waals surface area contributed by atoms with Gasteiger partial charge in [-0.15, -0.1) is 0 Å². The molecule has 1 N–H and O–H groups in total. The van der Waals surface area contributed by atoms with Crippen molar-refractivity contribution >= 4 is 26.8 Å². The minimum Gasteiger partial charge on any atom is -0.347 e. The van der Waals surface area contributed by atoms with Crippen LogP contribution in [-0.2, 0) is 16.8 Å². The van der Waals surface area contributed by atoms with E-state index < -0.39 is 10.2 Å². The fraction of sp³-hybridized carbons (Fsp3) is 0.429. The van der Waals surface area contributed by atoms with Gasteiger partial charge in [-0.1, -0.05) is 13.8 Å². The van der Waals surface area contributed by atoms with Crippen molar-refractivity contribution in [2.45, 2.75) is 20.4 Å². The molecular formula is C14H21N3O2S. The monoisotopic (exact) mass is 295 g/mol. The van der Waals surface area contributed by atoms with Crippen molar-refractivity contribution in [3.63, 3.8) is 0 Å². The summed E-state index contributed by atoms with van der Waals surface area (Å²) in [4.78, 5) is 0. The first-order chi connectivity index (χ1) is 9.29. The average molecular weight is 295 g/mol. The highest BCUT2D eigenvalue weighted by molar-refractivity contribution is 7.90. The number of benzene rings is 1. The van der Waals surface area contributed by atoms with E-state index in [-0.39, 0.29) is 0 Å². The predicted molar refractivity (Wildman–Crippen MR) is 83.0 cm³/mol. The van der Waals surface area contributed by atoms with E-state index in [4.69, 9.17) is 0 Å². The van der Waals surface area contributed by atoms with Crippen LogP contribution in [0.5, 0.6) is 0 Å². The third-order valence-electron chi connectivity index (χ3n) is 3.06. The van der Waals surface area contributed by atoms with Crippen molar-refractivity contribution in [2.24, 2.45) is 5.92 Å². The Bertz CT molecular complexity index is 702. The standard InChI is InChI=1S/C14H21N3O2S/c1-11(2)10-17-8-7-12-9-13(5-6-14(12)17)15-20(18,19)16(3)4/h5-9,11,15H,10H2,1-4H3. The quantitative estimate of drug-likeness (QED) is 0.921. The summed E-state index contributed by atoms with van der Waals surface area (Å²) in [5, 5.41) is 1.03. The van der Waals surface area contributed by atoms with Gasteiger partial charge in [-0.3, -0.25) is 4.72 Å². The fourth-order valence-electron chi connectivity index (χ4n) is 2.06. The zero-order valence-electron chi connectivity index (χ0n) is 12.3. The molecule has 5 nitrogen and oxygen atoms in total. The van der Waals surface area contributed by atoms with Crippen molar-refractivity contribution in [1.82, 2.24) is 8.87 Å². The molecule has 0 bridgehead atoms. The molecule has 110 valence electrons. The number of hydrogen-bond donors (Lipinski definition) is 1. The molecule has 0 aliphatic heterocycles. The van der Waals surface area contributed by atoms with Crippen LogP contribution in [-0.4, -0.2) is 31.4 Å². The predicted octanol–water partition coefficient (Wildman–Crippen LogP) is 2.52. The van der Waals surface area contributed by atoms with Crippen molar-refractivity contribution in [1.29, 1.82) is 0 Å². The molecule has 20 heavy (non-hydrogen) atoms. The van der Waals surface area contributed by atoms with E-state index in [1.165, 1.54) is 14.1 Å². The third-order valence-corrected chi connectivity index (χ3v) is 4.52. The molecule has 2 rings (SSSR count). The van der Waals surface area contributed by atoms with Crippen LogP contribution in [0.3, 0.4) is 0 Å². The Labute approximate surface area is 120 Å². The number of nitrogens with one attached hydrogen (secondary N) is 1. The van der Waals surface area contributed by atoms with Gasteiger partial charge in [0.1, 0.15) is 0 Å². The second-order valence-corrected chi connectivity index (χ2v) is 7.41. The summed E-state index contributed by atoms with van der Waals surface area (Å²) in [5.41, 5.74) is 1.69. The molecule has 6 heteroatoms. The first kappa shape index (κ1) is 14.9. The minimum absolute atomic E-state index is 0.567. The van der Waals surface area contributed by atoms with Crippen LogP contribution in [0, 0.1) is 5.92 Å². The molecule has 0 amide bonds. The van der Waals surface area contributed by atoms with Crippen LogP contribution < -0.4 is 4.72 Å². The Morgan fingerprint density at radius 3 is 2.55 bits per heavy atom. The van der Waals surface area contributed by atoms with Crippen molar-refractivity contribution < 1.29 is 8.42 Å². The van der Waals surface area contributed by atoms with Crippen molar-refractivity contribution in [2.75, 3.05) is 18.8 Å². The molecule has 2 aromatic rings. The third kappa shape index (κ3) is 3.13. The molecule has 0 atom stereocenters. The summed E-state index contributed by atoms with van der Waals surface area (Å²) < 4.78 is 29.5. The number of aromatic nitrogens is 1. The maximum absolute atomic E-state index is 11.8. The highest BCUT2D eigenvalue weighted by Crippen LogP contribution is 2.22. The van der Waals surface area contributed by atoms with Gasteiger partial charge < -0.3 is 4.57 Å². The van der Waals surface area contributed by atoms with E-state index in [1.807, 2.05) is 24.4 Å². The molecule has 0 radical (unpaired) electrons. The number of fused-ring (bicyclic) bond motifs is 1. The Morgan fingerprint density at radius 1 is 1.25 bits per heavy atom. The highest BCUT2D eigenvalue weighted by atomic mass is 32.2. The Balaban J connectivity index is 2.32. The molecule has 1 aromatic heterocycles. The first-order valence-electron chi connectivity index (χ1n) is 6.59. The average Bonchev–Trinajstić information content (AvgIpc) is 2.70. The lowest BCUT2D eigenvalue weighted by molar-refractivity contribution is 0.527. The Hall–Kier alpha value is -1.53. The largest absolute Gasteiger partial charge is 0.347 e. The van der Waals surface area contributed by atoms with E-state index in [9.17, 15) is 8.42 Å². The van der Waals surface area contributed by atoms with E-state index >= 15 is 0 Å². The molecule has 0 saturated heterocycles. The molecule has 0 fully saturated rings. The molecule has 0 saturated carbocycles. The van der Waals surface area contributed by atoms with Crippen LogP contribution in [0.1, 0.15) is 13.8 Å². The van der Waals surface area contributed by atoms with E-state index in [0.29, 0.717) is 11.6 Å². The van der Waals surface area contributed by atoms with Gasteiger partial charge in [-0.2, -0.15) is 12.7 Å². The van der Waals surface area contributed by atoms with Crippen molar-refractivity contribution in [3.8, 4) is 0 Å². The van der Waals surface area contributed by atoms with Crippen molar-refractivity contribution in [3.05, 3.63) is 30.5 Å². The molecule has 0 aliphatic rings. The number of anilines is 1. The number of hydrogen-bond acceptors (Lipinski definition) is 2. The first-order valence-corrected chi connectivity index (χ1v) is 8.03. The molecule has 0 aliphatic carbocycles. The van der Waals surface area contributed by atoms with E-state index in [0.717, 1.165) is 21.8 Å². The summed E-state index contributed by atoms with van der Waals surface area (Å²) in [6.45, 7) is 5.29. The van der Waals surface area contributed by atoms with Crippen LogP contribution >= 0.6 is 0 Å². The van der Waals surface area contributed by atoms with Gasteiger partial charge in [0.2, 0.25) is 0 Å². The fourth-order valence-corrected chi connectivity index (χ4v) is 2.66. The van der Waals surface area contributed by atoms with Gasteiger partial charge in [-0.25, -0.2) is 0 Å². The molecule has 0 unspecified atom stereocenters. The summed E-state index contributed by atoms with van der Waals surface area (Å²) in [6.07, 6.45) is 2.04. The maximum Gasteiger partial charge on any atom is 0.301 e. The zero-order chi connectivity index (χ0) is 14.9. The summed E-state index contributed by atoms with van der Waals surface area (Å²) in [5.74, 6) is 0.567. The van der Waals surface area contributed by atoms with Gasteiger partial charge in [0.15, 0.2) is 0 Å². The van der Waals surface area contributed by atoms with Crippen LogP contribution in [0.2, 0.25) is 0 Å². The molecular weight excluding hydrogens is 274 g/mol. The Kier molecular flexibility index (Phi) is 4.06. The lowest BCUT2D eigenvalue weighted by Gasteiger charge is -2.13. The minimum atomic E-state index is -3.46. The van der Waals surface area contributed by atoms with E-state index in [1.54, 1.807) is 6.07 Å². The van der Waals surface area contributed by atoms with Crippen LogP contribution in [0.4, 0.5) is 5.69 Å². The number of rotatable bonds is 5. The Morgan fingerprint density at radius 2 is 1.95 bits per heavy atom. The zero-order valence-corrected chi connectivity index (χ0v) is 13.1. The summed E-state index contributed by atoms with van der Waals surface area (Å²) >= 11 is 0. The lowest BCUT2D eigenvalue weighted by Crippen LogP contribution is -2.28. The second kappa shape index (κ2) is 5.46. The molecule has 0 spiro atoms. The van der Waals surface area contributed by atoms with Gasteiger partial charge in [-0.05, 0) is 30.2 Å². The highest BCUT2D eigenvalue weighted by Gasteiger charge is 2.13. The van der Waals surface area contributed by atoms with Crippen LogP contribution in [0.25, 0.3) is 10.9 Å². The van der Waals surface area contributed by atoms with E-state index in [2.05, 4.69) is 23.1 Å². The van der Waals surface area contributed by atoms with Gasteiger partial charge in [0.25, 0.3) is 0 Å². The topological polar surface area (TPSA) is 54.3 Å².